The molecule has 0 aliphatic carbocycles. The van der Waals surface area contributed by atoms with Gasteiger partial charge in [0.05, 0.1) is 12.4 Å². The molecule has 0 aromatic carbocycles. The van der Waals surface area contributed by atoms with Crippen molar-refractivity contribution >= 4 is 11.7 Å². The molecule has 1 aromatic heterocycles. The zero-order valence-electron chi connectivity index (χ0n) is 11.4. The topological polar surface area (TPSA) is 58.1 Å². The molecule has 0 aliphatic rings. The van der Waals surface area contributed by atoms with E-state index < -0.39 is 18.6 Å². The van der Waals surface area contributed by atoms with E-state index >= 15 is 0 Å². The Labute approximate surface area is 115 Å². The average molecular weight is 290 g/mol. The lowest BCUT2D eigenvalue weighted by Gasteiger charge is -2.21. The maximum Gasteiger partial charge on any atom is 0.406 e. The average Bonchev–Trinajstić information content (AvgIpc) is 2.41. The van der Waals surface area contributed by atoms with E-state index in [4.69, 9.17) is 0 Å². The predicted molar refractivity (Wildman–Crippen MR) is 68.4 cm³/mol. The lowest BCUT2D eigenvalue weighted by molar-refractivity contribution is -0.140. The van der Waals surface area contributed by atoms with Crippen molar-refractivity contribution in [1.29, 1.82) is 0 Å². The normalized spacial score (nSPS) is 11.2. The van der Waals surface area contributed by atoms with Gasteiger partial charge in [-0.15, -0.1) is 0 Å². The summed E-state index contributed by atoms with van der Waals surface area (Å²) < 4.78 is 37.1. The van der Waals surface area contributed by atoms with Crippen molar-refractivity contribution in [1.82, 2.24) is 14.9 Å². The fraction of sp³-hybridized carbons (Fsp3) is 0.583. The molecule has 0 atom stereocenters. The van der Waals surface area contributed by atoms with Gasteiger partial charge >= 0.3 is 6.18 Å². The summed E-state index contributed by atoms with van der Waals surface area (Å²) in [7, 11) is 0. The molecule has 1 heterocycles. The molecule has 0 aliphatic heterocycles. The van der Waals surface area contributed by atoms with Crippen LogP contribution in [0.15, 0.2) is 12.4 Å². The molecule has 8 heteroatoms. The maximum absolute atomic E-state index is 12.4. The summed E-state index contributed by atoms with van der Waals surface area (Å²) in [5.41, 5.74) is -0.0998. The predicted octanol–water partition coefficient (Wildman–Crippen LogP) is 2.32. The summed E-state index contributed by atoms with van der Waals surface area (Å²) in [6.45, 7) is 2.74. The van der Waals surface area contributed by atoms with Crippen LogP contribution in [0.4, 0.5) is 19.0 Å². The van der Waals surface area contributed by atoms with Gasteiger partial charge in [0.25, 0.3) is 5.91 Å². The van der Waals surface area contributed by atoms with E-state index in [9.17, 15) is 18.0 Å². The van der Waals surface area contributed by atoms with Crippen LogP contribution in [-0.2, 0) is 0 Å². The van der Waals surface area contributed by atoms with E-state index in [1.165, 1.54) is 19.3 Å². The van der Waals surface area contributed by atoms with Gasteiger partial charge in [0.15, 0.2) is 0 Å². The van der Waals surface area contributed by atoms with Crippen LogP contribution < -0.4 is 5.32 Å². The first-order valence-corrected chi connectivity index (χ1v) is 6.29. The van der Waals surface area contributed by atoms with E-state index in [0.717, 1.165) is 6.42 Å². The summed E-state index contributed by atoms with van der Waals surface area (Å²) in [5, 5.41) is 2.93. The molecule has 0 bridgehead atoms. The number of hydrogen-bond donors (Lipinski definition) is 1. The molecule has 0 fully saturated rings. The first-order chi connectivity index (χ1) is 9.37. The molecule has 112 valence electrons. The molecular weight excluding hydrogens is 273 g/mol. The summed E-state index contributed by atoms with van der Waals surface area (Å²) >= 11 is 0. The number of carbonyl (C=O) groups excluding carboxylic acids is 1. The standard InChI is InChI=1S/C12H17F3N4O/c1-3-5-17-10-7-16-6-9(18-10)11(20)19(4-2)8-12(13,14)15/h6-7H,3-5,8H2,1-2H3,(H,17,18). The summed E-state index contributed by atoms with van der Waals surface area (Å²) in [5.74, 6) is -0.404. The highest BCUT2D eigenvalue weighted by atomic mass is 19.4. The number of anilines is 1. The maximum atomic E-state index is 12.4. The Morgan fingerprint density at radius 1 is 1.35 bits per heavy atom. The molecule has 0 saturated carbocycles. The Morgan fingerprint density at radius 2 is 2.05 bits per heavy atom. The van der Waals surface area contributed by atoms with Gasteiger partial charge < -0.3 is 10.2 Å². The lowest BCUT2D eigenvalue weighted by atomic mass is 10.3. The highest BCUT2D eigenvalue weighted by Gasteiger charge is 2.33. The zero-order chi connectivity index (χ0) is 15.2. The monoisotopic (exact) mass is 290 g/mol. The van der Waals surface area contributed by atoms with Crippen molar-refractivity contribution in [2.75, 3.05) is 25.0 Å². The van der Waals surface area contributed by atoms with Crippen molar-refractivity contribution in [3.63, 3.8) is 0 Å². The van der Waals surface area contributed by atoms with E-state index in [2.05, 4.69) is 15.3 Å². The number of amides is 1. The van der Waals surface area contributed by atoms with Crippen LogP contribution in [0.5, 0.6) is 0 Å². The fourth-order valence-corrected chi connectivity index (χ4v) is 1.51. The molecule has 0 radical (unpaired) electrons. The Hall–Kier alpha value is -1.86. The van der Waals surface area contributed by atoms with E-state index in [0.29, 0.717) is 17.3 Å². The zero-order valence-corrected chi connectivity index (χ0v) is 11.4. The number of nitrogens with zero attached hydrogens (tertiary/aromatic N) is 3. The van der Waals surface area contributed by atoms with Gasteiger partial charge in [0.2, 0.25) is 0 Å². The van der Waals surface area contributed by atoms with Gasteiger partial charge in [-0.3, -0.25) is 9.78 Å². The molecule has 20 heavy (non-hydrogen) atoms. The second-order valence-electron chi connectivity index (χ2n) is 4.15. The third kappa shape index (κ3) is 5.02. The number of carbonyl (C=O) groups is 1. The van der Waals surface area contributed by atoms with Crippen molar-refractivity contribution in [2.24, 2.45) is 0 Å². The summed E-state index contributed by atoms with van der Waals surface area (Å²) in [6.07, 6.45) is -0.989. The Balaban J connectivity index is 2.84. The van der Waals surface area contributed by atoms with Crippen molar-refractivity contribution in [3.8, 4) is 0 Å². The second-order valence-corrected chi connectivity index (χ2v) is 4.15. The van der Waals surface area contributed by atoms with Gasteiger partial charge in [-0.05, 0) is 13.3 Å². The van der Waals surface area contributed by atoms with Crippen molar-refractivity contribution in [3.05, 3.63) is 18.1 Å². The van der Waals surface area contributed by atoms with Crippen LogP contribution in [-0.4, -0.2) is 46.6 Å². The van der Waals surface area contributed by atoms with Crippen LogP contribution in [0, 0.1) is 0 Å². The molecule has 0 saturated heterocycles. The number of aromatic nitrogens is 2. The first kappa shape index (κ1) is 16.2. The molecule has 1 aromatic rings. The van der Waals surface area contributed by atoms with Crippen LogP contribution in [0.2, 0.25) is 0 Å². The van der Waals surface area contributed by atoms with Crippen molar-refractivity contribution in [2.45, 2.75) is 26.4 Å². The van der Waals surface area contributed by atoms with Crippen LogP contribution in [0.25, 0.3) is 0 Å². The molecule has 5 nitrogen and oxygen atoms in total. The molecule has 1 rings (SSSR count). The minimum Gasteiger partial charge on any atom is -0.369 e. The van der Waals surface area contributed by atoms with Crippen LogP contribution in [0.1, 0.15) is 30.8 Å². The molecular formula is C12H17F3N4O. The van der Waals surface area contributed by atoms with Gasteiger partial charge in [0, 0.05) is 13.1 Å². The Bertz CT molecular complexity index is 451. The number of hydrogen-bond acceptors (Lipinski definition) is 4. The minimum absolute atomic E-state index is 0.0490. The number of alkyl halides is 3. The summed E-state index contributed by atoms with van der Waals surface area (Å²) in [4.78, 5) is 20.5. The summed E-state index contributed by atoms with van der Waals surface area (Å²) in [6, 6.07) is 0. The van der Waals surface area contributed by atoms with E-state index in [-0.39, 0.29) is 12.2 Å². The highest BCUT2D eigenvalue weighted by Crippen LogP contribution is 2.17. The Kier molecular flexibility index (Phi) is 5.72. The lowest BCUT2D eigenvalue weighted by Crippen LogP contribution is -2.39. The smallest absolute Gasteiger partial charge is 0.369 e. The SMILES string of the molecule is CCCNc1cncc(C(=O)N(CC)CC(F)(F)F)n1. The number of nitrogens with one attached hydrogen (secondary N) is 1. The van der Waals surface area contributed by atoms with Gasteiger partial charge in [-0.2, -0.15) is 13.2 Å². The van der Waals surface area contributed by atoms with Crippen LogP contribution >= 0.6 is 0 Å². The van der Waals surface area contributed by atoms with Gasteiger partial charge in [0.1, 0.15) is 18.1 Å². The van der Waals surface area contributed by atoms with Crippen LogP contribution in [0.3, 0.4) is 0 Å². The quantitative estimate of drug-likeness (QED) is 0.873. The third-order valence-electron chi connectivity index (χ3n) is 2.45. The number of rotatable bonds is 6. The van der Waals surface area contributed by atoms with E-state index in [1.807, 2.05) is 6.92 Å². The molecule has 1 amide bonds. The third-order valence-corrected chi connectivity index (χ3v) is 2.45. The van der Waals surface area contributed by atoms with Gasteiger partial charge in [-0.25, -0.2) is 4.98 Å². The fourth-order valence-electron chi connectivity index (χ4n) is 1.51. The largest absolute Gasteiger partial charge is 0.406 e. The number of halogens is 3. The second kappa shape index (κ2) is 7.06. The molecule has 0 unspecified atom stereocenters. The molecule has 0 spiro atoms. The highest BCUT2D eigenvalue weighted by molar-refractivity contribution is 5.92. The van der Waals surface area contributed by atoms with Gasteiger partial charge in [-0.1, -0.05) is 6.92 Å². The van der Waals surface area contributed by atoms with E-state index in [1.54, 1.807) is 0 Å². The molecule has 1 N–H and O–H groups in total. The van der Waals surface area contributed by atoms with Crippen molar-refractivity contribution < 1.29 is 18.0 Å². The minimum atomic E-state index is -4.43. The Morgan fingerprint density at radius 3 is 2.60 bits per heavy atom. The first-order valence-electron chi connectivity index (χ1n) is 6.29.